The molecule has 0 unspecified atom stereocenters. The van der Waals surface area contributed by atoms with E-state index in [1.54, 1.807) is 6.07 Å². The summed E-state index contributed by atoms with van der Waals surface area (Å²) in [6.07, 6.45) is 3.42. The molecular formula is C15H16ClNO4. The summed E-state index contributed by atoms with van der Waals surface area (Å²) in [5.74, 6) is 0.313. The van der Waals surface area contributed by atoms with Gasteiger partial charge in [-0.1, -0.05) is 17.7 Å². The molecule has 2 rings (SSSR count). The summed E-state index contributed by atoms with van der Waals surface area (Å²) >= 11 is 6.01. The number of halogens is 1. The molecule has 2 aromatic rings. The molecule has 0 saturated carbocycles. The number of esters is 1. The van der Waals surface area contributed by atoms with Crippen LogP contribution >= 0.6 is 11.6 Å². The molecule has 0 saturated heterocycles. The molecule has 0 aliphatic heterocycles. The third-order valence-electron chi connectivity index (χ3n) is 2.76. The number of hydrogen-bond acceptors (Lipinski definition) is 5. The maximum absolute atomic E-state index is 11.6. The number of hydrogen-bond donors (Lipinski definition) is 0. The number of benzene rings is 1. The summed E-state index contributed by atoms with van der Waals surface area (Å²) in [5.41, 5.74) is 1.56. The van der Waals surface area contributed by atoms with Gasteiger partial charge in [-0.05, 0) is 24.6 Å². The Bertz CT molecular complexity index is 583. The van der Waals surface area contributed by atoms with Crippen LogP contribution in [0.2, 0.25) is 5.02 Å². The van der Waals surface area contributed by atoms with E-state index in [1.165, 1.54) is 12.7 Å². The highest BCUT2D eigenvalue weighted by Gasteiger charge is 2.08. The van der Waals surface area contributed by atoms with Crippen molar-refractivity contribution in [3.05, 3.63) is 47.1 Å². The SMILES string of the molecule is CCOc1cc(CCOC(=O)Cc2cocn2)ccc1Cl. The number of ether oxygens (including phenoxy) is 2. The van der Waals surface area contributed by atoms with Crippen molar-refractivity contribution in [1.29, 1.82) is 0 Å². The van der Waals surface area contributed by atoms with E-state index < -0.39 is 0 Å². The van der Waals surface area contributed by atoms with Crippen molar-refractivity contribution in [2.45, 2.75) is 19.8 Å². The Balaban J connectivity index is 1.80. The molecular weight excluding hydrogens is 294 g/mol. The van der Waals surface area contributed by atoms with Crippen LogP contribution in [0.15, 0.2) is 35.3 Å². The van der Waals surface area contributed by atoms with Gasteiger partial charge in [-0.2, -0.15) is 0 Å². The van der Waals surface area contributed by atoms with E-state index in [4.69, 9.17) is 25.5 Å². The van der Waals surface area contributed by atoms with Gasteiger partial charge in [0.25, 0.3) is 0 Å². The second-order valence-electron chi connectivity index (χ2n) is 4.32. The maximum Gasteiger partial charge on any atom is 0.312 e. The second-order valence-corrected chi connectivity index (χ2v) is 4.73. The molecule has 0 amide bonds. The Labute approximate surface area is 127 Å². The molecule has 0 fully saturated rings. The molecule has 112 valence electrons. The highest BCUT2D eigenvalue weighted by Crippen LogP contribution is 2.25. The first kappa shape index (κ1) is 15.4. The molecule has 1 aromatic heterocycles. The van der Waals surface area contributed by atoms with Crippen LogP contribution in [0.25, 0.3) is 0 Å². The minimum atomic E-state index is -0.331. The fraction of sp³-hybridized carbons (Fsp3) is 0.333. The van der Waals surface area contributed by atoms with E-state index in [-0.39, 0.29) is 12.4 Å². The predicted molar refractivity (Wildman–Crippen MR) is 77.5 cm³/mol. The first-order valence-corrected chi connectivity index (χ1v) is 7.00. The Morgan fingerprint density at radius 2 is 2.29 bits per heavy atom. The van der Waals surface area contributed by atoms with Gasteiger partial charge in [0.2, 0.25) is 0 Å². The maximum atomic E-state index is 11.6. The van der Waals surface area contributed by atoms with Gasteiger partial charge >= 0.3 is 5.97 Å². The molecule has 1 aromatic carbocycles. The zero-order valence-corrected chi connectivity index (χ0v) is 12.4. The molecule has 6 heteroatoms. The number of carbonyl (C=O) groups is 1. The molecule has 5 nitrogen and oxygen atoms in total. The van der Waals surface area contributed by atoms with Gasteiger partial charge in [0.15, 0.2) is 6.39 Å². The minimum Gasteiger partial charge on any atom is -0.492 e. The van der Waals surface area contributed by atoms with Gasteiger partial charge < -0.3 is 13.9 Å². The minimum absolute atomic E-state index is 0.112. The highest BCUT2D eigenvalue weighted by atomic mass is 35.5. The van der Waals surface area contributed by atoms with Crippen molar-refractivity contribution < 1.29 is 18.7 Å². The Morgan fingerprint density at radius 3 is 3.00 bits per heavy atom. The normalized spacial score (nSPS) is 10.4. The van der Waals surface area contributed by atoms with Gasteiger partial charge in [-0.15, -0.1) is 0 Å². The molecule has 21 heavy (non-hydrogen) atoms. The molecule has 1 heterocycles. The largest absolute Gasteiger partial charge is 0.492 e. The van der Waals surface area contributed by atoms with E-state index in [1.807, 2.05) is 19.1 Å². The number of carbonyl (C=O) groups excluding carboxylic acids is 1. The summed E-state index contributed by atoms with van der Waals surface area (Å²) in [4.78, 5) is 15.4. The number of oxazole rings is 1. The van der Waals surface area contributed by atoms with Crippen molar-refractivity contribution in [3.8, 4) is 5.75 Å². The fourth-order valence-corrected chi connectivity index (χ4v) is 1.95. The van der Waals surface area contributed by atoms with Gasteiger partial charge in [-0.3, -0.25) is 4.79 Å². The molecule has 0 atom stereocenters. The van der Waals surface area contributed by atoms with E-state index in [9.17, 15) is 4.79 Å². The van der Waals surface area contributed by atoms with Gasteiger partial charge in [-0.25, -0.2) is 4.98 Å². The summed E-state index contributed by atoms with van der Waals surface area (Å²) < 4.78 is 15.4. The third kappa shape index (κ3) is 4.79. The number of rotatable bonds is 7. The molecule has 0 aliphatic rings. The molecule has 0 aliphatic carbocycles. The van der Waals surface area contributed by atoms with Crippen LogP contribution in [-0.4, -0.2) is 24.2 Å². The Hall–Kier alpha value is -2.01. The van der Waals surface area contributed by atoms with E-state index in [2.05, 4.69) is 4.98 Å². The third-order valence-corrected chi connectivity index (χ3v) is 3.07. The van der Waals surface area contributed by atoms with Crippen molar-refractivity contribution >= 4 is 17.6 Å². The van der Waals surface area contributed by atoms with Crippen molar-refractivity contribution in [3.63, 3.8) is 0 Å². The van der Waals surface area contributed by atoms with Gasteiger partial charge in [0.1, 0.15) is 12.0 Å². The smallest absolute Gasteiger partial charge is 0.312 e. The molecule has 0 radical (unpaired) electrons. The topological polar surface area (TPSA) is 61.6 Å². The summed E-state index contributed by atoms with van der Waals surface area (Å²) in [7, 11) is 0. The lowest BCUT2D eigenvalue weighted by molar-refractivity contribution is -0.142. The first-order valence-electron chi connectivity index (χ1n) is 6.63. The highest BCUT2D eigenvalue weighted by molar-refractivity contribution is 6.32. The molecule has 0 spiro atoms. The lowest BCUT2D eigenvalue weighted by Gasteiger charge is -2.08. The van der Waals surface area contributed by atoms with Crippen LogP contribution in [0, 0.1) is 0 Å². The van der Waals surface area contributed by atoms with Crippen LogP contribution in [0.1, 0.15) is 18.2 Å². The average Bonchev–Trinajstić information content (AvgIpc) is 2.95. The number of aromatic nitrogens is 1. The Kier molecular flexibility index (Phi) is 5.63. The van der Waals surface area contributed by atoms with Crippen LogP contribution in [0.4, 0.5) is 0 Å². The lowest BCUT2D eigenvalue weighted by atomic mass is 10.1. The monoisotopic (exact) mass is 309 g/mol. The van der Waals surface area contributed by atoms with E-state index in [0.717, 1.165) is 5.56 Å². The fourth-order valence-electron chi connectivity index (χ4n) is 1.78. The first-order chi connectivity index (χ1) is 10.2. The average molecular weight is 310 g/mol. The predicted octanol–water partition coefficient (Wildman–Crippen LogP) is 3.06. The van der Waals surface area contributed by atoms with Crippen LogP contribution in [0.5, 0.6) is 5.75 Å². The van der Waals surface area contributed by atoms with E-state index >= 15 is 0 Å². The zero-order chi connectivity index (χ0) is 15.1. The van der Waals surface area contributed by atoms with Gasteiger partial charge in [0, 0.05) is 6.42 Å². The zero-order valence-electron chi connectivity index (χ0n) is 11.7. The standard InChI is InChI=1S/C15H16ClNO4/c1-2-20-14-7-11(3-4-13(14)16)5-6-21-15(18)8-12-9-19-10-17-12/h3-4,7,9-10H,2,5-6,8H2,1H3. The quantitative estimate of drug-likeness (QED) is 0.736. The van der Waals surface area contributed by atoms with Gasteiger partial charge in [0.05, 0.1) is 30.4 Å². The van der Waals surface area contributed by atoms with E-state index in [0.29, 0.717) is 36.1 Å². The van der Waals surface area contributed by atoms with Crippen LogP contribution in [0.3, 0.4) is 0 Å². The Morgan fingerprint density at radius 1 is 1.43 bits per heavy atom. The summed E-state index contributed by atoms with van der Waals surface area (Å²) in [5, 5.41) is 0.573. The van der Waals surface area contributed by atoms with Crippen LogP contribution < -0.4 is 4.74 Å². The van der Waals surface area contributed by atoms with Crippen molar-refractivity contribution in [2.75, 3.05) is 13.2 Å². The number of nitrogens with zero attached hydrogens (tertiary/aromatic N) is 1. The van der Waals surface area contributed by atoms with Crippen LogP contribution in [-0.2, 0) is 22.4 Å². The van der Waals surface area contributed by atoms with Crippen molar-refractivity contribution in [1.82, 2.24) is 4.98 Å². The summed E-state index contributed by atoms with van der Waals surface area (Å²) in [6, 6.07) is 5.52. The summed E-state index contributed by atoms with van der Waals surface area (Å²) in [6.45, 7) is 2.74. The molecule has 0 N–H and O–H groups in total. The second kappa shape index (κ2) is 7.69. The molecule has 0 bridgehead atoms. The van der Waals surface area contributed by atoms with Crippen molar-refractivity contribution in [2.24, 2.45) is 0 Å². The lowest BCUT2D eigenvalue weighted by Crippen LogP contribution is -2.10.